The molecule has 1 aliphatic heterocycles. The van der Waals surface area contributed by atoms with Crippen LogP contribution < -0.4 is 0 Å². The number of ether oxygens (including phenoxy) is 1. The first-order valence-electron chi connectivity index (χ1n) is 5.50. The molecule has 1 rings (SSSR count). The highest BCUT2D eigenvalue weighted by molar-refractivity contribution is 5.79. The van der Waals surface area contributed by atoms with E-state index in [0.717, 1.165) is 12.3 Å². The molecule has 0 aromatic heterocycles. The van der Waals surface area contributed by atoms with Gasteiger partial charge in [-0.25, -0.2) is 4.99 Å². The molecular formula is C13H21NO. The van der Waals surface area contributed by atoms with E-state index < -0.39 is 0 Å². The van der Waals surface area contributed by atoms with Crippen molar-refractivity contribution in [1.29, 1.82) is 0 Å². The third-order valence-electron chi connectivity index (χ3n) is 2.21. The molecule has 0 aromatic carbocycles. The quantitative estimate of drug-likeness (QED) is 0.642. The van der Waals surface area contributed by atoms with Gasteiger partial charge >= 0.3 is 0 Å². The maximum absolute atomic E-state index is 5.59. The summed E-state index contributed by atoms with van der Waals surface area (Å²) in [6.07, 6.45) is 7.09. The fourth-order valence-corrected chi connectivity index (χ4v) is 1.43. The van der Waals surface area contributed by atoms with Crippen LogP contribution in [-0.4, -0.2) is 12.0 Å². The fourth-order valence-electron chi connectivity index (χ4n) is 1.43. The lowest BCUT2D eigenvalue weighted by atomic mass is 9.86. The third-order valence-corrected chi connectivity index (χ3v) is 2.21. The highest BCUT2D eigenvalue weighted by Gasteiger charge is 2.16. The average Bonchev–Trinajstić information content (AvgIpc) is 2.27. The molecule has 0 aromatic rings. The zero-order valence-corrected chi connectivity index (χ0v) is 10.4. The topological polar surface area (TPSA) is 21.6 Å². The molecule has 0 atom stereocenters. The molecule has 0 aliphatic carbocycles. The van der Waals surface area contributed by atoms with Gasteiger partial charge in [0.2, 0.25) is 0 Å². The lowest BCUT2D eigenvalue weighted by molar-refractivity contribution is 0.224. The van der Waals surface area contributed by atoms with E-state index >= 15 is 0 Å². The van der Waals surface area contributed by atoms with Crippen LogP contribution in [0.25, 0.3) is 0 Å². The molecule has 0 fully saturated rings. The second-order valence-electron chi connectivity index (χ2n) is 5.12. The monoisotopic (exact) mass is 207 g/mol. The van der Waals surface area contributed by atoms with Crippen LogP contribution in [0.3, 0.4) is 0 Å². The summed E-state index contributed by atoms with van der Waals surface area (Å²) in [6, 6.07) is 0. The van der Waals surface area contributed by atoms with Crippen LogP contribution in [-0.2, 0) is 4.74 Å². The summed E-state index contributed by atoms with van der Waals surface area (Å²) in [7, 11) is 0. The number of hydrogen-bond acceptors (Lipinski definition) is 2. The van der Waals surface area contributed by atoms with E-state index in [-0.39, 0.29) is 11.5 Å². The summed E-state index contributed by atoms with van der Waals surface area (Å²) in [6.45, 7) is 10.7. The van der Waals surface area contributed by atoms with Crippen molar-refractivity contribution in [1.82, 2.24) is 0 Å². The van der Waals surface area contributed by atoms with Gasteiger partial charge in [0.1, 0.15) is 0 Å². The molecule has 84 valence electrons. The van der Waals surface area contributed by atoms with Crippen molar-refractivity contribution in [2.45, 2.75) is 47.1 Å². The zero-order valence-electron chi connectivity index (χ0n) is 10.4. The summed E-state index contributed by atoms with van der Waals surface area (Å²) >= 11 is 0. The Morgan fingerprint density at radius 3 is 2.53 bits per heavy atom. The molecule has 0 saturated heterocycles. The molecule has 0 N–H and O–H groups in total. The maximum atomic E-state index is 5.59. The molecule has 15 heavy (non-hydrogen) atoms. The fraction of sp³-hybridized carbons (Fsp3) is 0.615. The Balaban J connectivity index is 2.72. The molecule has 0 radical (unpaired) electrons. The Hall–Kier alpha value is -1.05. The number of nitrogens with zero attached hydrogens (tertiary/aromatic N) is 1. The predicted molar refractivity (Wildman–Crippen MR) is 65.0 cm³/mol. The van der Waals surface area contributed by atoms with Gasteiger partial charge in [-0.1, -0.05) is 26.8 Å². The van der Waals surface area contributed by atoms with Gasteiger partial charge in [-0.3, -0.25) is 0 Å². The molecule has 0 spiro atoms. The van der Waals surface area contributed by atoms with Gasteiger partial charge in [-0.05, 0) is 30.9 Å². The van der Waals surface area contributed by atoms with Gasteiger partial charge in [0.25, 0.3) is 0 Å². The van der Waals surface area contributed by atoms with Gasteiger partial charge in [-0.2, -0.15) is 0 Å². The van der Waals surface area contributed by atoms with Crippen LogP contribution >= 0.6 is 0 Å². The van der Waals surface area contributed by atoms with Crippen molar-refractivity contribution >= 4 is 5.90 Å². The summed E-state index contributed by atoms with van der Waals surface area (Å²) in [4.78, 5) is 4.29. The van der Waals surface area contributed by atoms with Gasteiger partial charge in [-0.15, -0.1) is 0 Å². The van der Waals surface area contributed by atoms with Crippen molar-refractivity contribution in [2.24, 2.45) is 10.4 Å². The van der Waals surface area contributed by atoms with E-state index in [0.29, 0.717) is 0 Å². The Kier molecular flexibility index (Phi) is 3.72. The second kappa shape index (κ2) is 4.65. The molecule has 2 nitrogen and oxygen atoms in total. The minimum atomic E-state index is 0.180. The van der Waals surface area contributed by atoms with Crippen LogP contribution in [0.4, 0.5) is 0 Å². The first-order chi connectivity index (χ1) is 6.89. The largest absolute Gasteiger partial charge is 0.478 e. The Labute approximate surface area is 92.7 Å². The molecule has 0 saturated carbocycles. The van der Waals surface area contributed by atoms with E-state index in [9.17, 15) is 0 Å². The van der Waals surface area contributed by atoms with Gasteiger partial charge < -0.3 is 4.74 Å². The van der Waals surface area contributed by atoms with Gasteiger partial charge in [0, 0.05) is 12.6 Å². The first-order valence-corrected chi connectivity index (χ1v) is 5.50. The Morgan fingerprint density at radius 2 is 2.00 bits per heavy atom. The van der Waals surface area contributed by atoms with E-state index in [4.69, 9.17) is 4.74 Å². The Bertz CT molecular complexity index is 303. The van der Waals surface area contributed by atoms with Crippen molar-refractivity contribution in [3.63, 3.8) is 0 Å². The minimum Gasteiger partial charge on any atom is -0.478 e. The molecule has 0 bridgehead atoms. The predicted octanol–water partition coefficient (Wildman–Crippen LogP) is 3.70. The molecule has 0 amide bonds. The van der Waals surface area contributed by atoms with E-state index in [1.165, 1.54) is 5.57 Å². The molecule has 1 heterocycles. The smallest absolute Gasteiger partial charge is 0.191 e. The minimum absolute atomic E-state index is 0.180. The average molecular weight is 207 g/mol. The summed E-state index contributed by atoms with van der Waals surface area (Å²) in [5, 5.41) is 0. The maximum Gasteiger partial charge on any atom is 0.191 e. The van der Waals surface area contributed by atoms with Crippen LogP contribution in [0.5, 0.6) is 0 Å². The number of aliphatic imine (C=N–C) groups is 1. The number of hydrogen-bond donors (Lipinski definition) is 0. The molecule has 1 aliphatic rings. The van der Waals surface area contributed by atoms with Crippen molar-refractivity contribution < 1.29 is 4.74 Å². The van der Waals surface area contributed by atoms with E-state index in [1.54, 1.807) is 0 Å². The van der Waals surface area contributed by atoms with Gasteiger partial charge in [0.05, 0.1) is 6.10 Å². The van der Waals surface area contributed by atoms with Crippen molar-refractivity contribution in [3.8, 4) is 0 Å². The molecular weight excluding hydrogens is 186 g/mol. The normalized spacial score (nSPS) is 17.2. The highest BCUT2D eigenvalue weighted by atomic mass is 16.5. The third kappa shape index (κ3) is 3.90. The number of rotatable bonds is 1. The zero-order chi connectivity index (χ0) is 11.5. The highest BCUT2D eigenvalue weighted by Crippen LogP contribution is 2.27. The lowest BCUT2D eigenvalue weighted by Gasteiger charge is -2.19. The van der Waals surface area contributed by atoms with E-state index in [2.05, 4.69) is 37.9 Å². The summed E-state index contributed by atoms with van der Waals surface area (Å²) in [5.74, 6) is 0.806. The molecule has 0 unspecified atom stereocenters. The Morgan fingerprint density at radius 1 is 1.33 bits per heavy atom. The van der Waals surface area contributed by atoms with E-state index in [1.807, 2.05) is 20.0 Å². The second-order valence-corrected chi connectivity index (χ2v) is 5.12. The number of allylic oxidation sites excluding steroid dienone is 2. The van der Waals surface area contributed by atoms with Gasteiger partial charge in [0.15, 0.2) is 5.90 Å². The van der Waals surface area contributed by atoms with Crippen molar-refractivity contribution in [3.05, 3.63) is 23.9 Å². The standard InChI is InChI=1S/C13H21NO/c1-10(2)15-12-7-6-11(8-9-14-12)13(3,4)5/h6,8-10H,7H2,1-5H3. The van der Waals surface area contributed by atoms with Crippen molar-refractivity contribution in [2.75, 3.05) is 0 Å². The van der Waals surface area contributed by atoms with Crippen LogP contribution in [0.2, 0.25) is 0 Å². The van der Waals surface area contributed by atoms with Crippen LogP contribution in [0, 0.1) is 5.41 Å². The SMILES string of the molecule is CC(C)OC1=NC=CC(C(C)(C)C)=CC1. The summed E-state index contributed by atoms with van der Waals surface area (Å²) < 4.78 is 5.59. The summed E-state index contributed by atoms with van der Waals surface area (Å²) in [5.41, 5.74) is 1.49. The molecule has 2 heteroatoms. The lowest BCUT2D eigenvalue weighted by Crippen LogP contribution is -2.11. The first kappa shape index (κ1) is 12.0. The van der Waals surface area contributed by atoms with Crippen LogP contribution in [0.15, 0.2) is 28.9 Å². The van der Waals surface area contributed by atoms with Crippen LogP contribution in [0.1, 0.15) is 41.0 Å².